The van der Waals surface area contributed by atoms with Crippen molar-refractivity contribution in [1.82, 2.24) is 10.1 Å². The number of nitrogens with zero attached hydrogens (tertiary/aromatic N) is 3. The predicted octanol–water partition coefficient (Wildman–Crippen LogP) is 2.78. The van der Waals surface area contributed by atoms with Gasteiger partial charge in [0.2, 0.25) is 5.89 Å². The van der Waals surface area contributed by atoms with Gasteiger partial charge in [-0.15, -0.1) is 24.0 Å². The number of hydrogen-bond donors (Lipinski definition) is 2. The van der Waals surface area contributed by atoms with Gasteiger partial charge in [-0.25, -0.2) is 0 Å². The molecule has 0 aliphatic heterocycles. The molecule has 0 fully saturated rings. The average molecular weight is 401 g/mol. The van der Waals surface area contributed by atoms with Crippen LogP contribution in [0.1, 0.15) is 31.5 Å². The van der Waals surface area contributed by atoms with Crippen molar-refractivity contribution in [3.05, 3.63) is 42.0 Å². The van der Waals surface area contributed by atoms with E-state index >= 15 is 0 Å². The number of rotatable bonds is 5. The fourth-order valence-electron chi connectivity index (χ4n) is 1.58. The van der Waals surface area contributed by atoms with Gasteiger partial charge in [0.1, 0.15) is 0 Å². The number of aliphatic imine (C=N–C) groups is 1. The Balaban J connectivity index is 0.00000220. The first-order valence-electron chi connectivity index (χ1n) is 6.59. The highest BCUT2D eigenvalue weighted by molar-refractivity contribution is 14.0. The van der Waals surface area contributed by atoms with E-state index < -0.39 is 0 Å². The average Bonchev–Trinajstić information content (AvgIpc) is 2.89. The smallest absolute Gasteiger partial charge is 0.228 e. The van der Waals surface area contributed by atoms with Crippen molar-refractivity contribution in [3.63, 3.8) is 0 Å². The Morgan fingerprint density at radius 3 is 2.67 bits per heavy atom. The molecule has 1 aromatic carbocycles. The largest absolute Gasteiger partial charge is 0.370 e. The molecule has 1 heterocycles. The van der Waals surface area contributed by atoms with Crippen molar-refractivity contribution in [1.29, 1.82) is 0 Å². The van der Waals surface area contributed by atoms with Gasteiger partial charge in [0.25, 0.3) is 0 Å². The summed E-state index contributed by atoms with van der Waals surface area (Å²) in [5, 5.41) is 6.91. The summed E-state index contributed by atoms with van der Waals surface area (Å²) in [7, 11) is 0. The van der Waals surface area contributed by atoms with Gasteiger partial charge in [0.15, 0.2) is 11.8 Å². The highest BCUT2D eigenvalue weighted by Gasteiger charge is 2.08. The van der Waals surface area contributed by atoms with Gasteiger partial charge in [-0.05, 0) is 12.1 Å². The second kappa shape index (κ2) is 8.60. The first-order valence-corrected chi connectivity index (χ1v) is 6.59. The first kappa shape index (κ1) is 17.4. The van der Waals surface area contributed by atoms with Gasteiger partial charge < -0.3 is 15.6 Å². The standard InChI is InChI=1S/C14H19N5O.HI/c1-10(2)13-18-12(20-19-13)8-9-16-14(15)17-11-6-4-3-5-7-11;/h3-7,10H,8-9H2,1-2H3,(H3,15,16,17);1H. The number of nitrogens with two attached hydrogens (primary N) is 1. The van der Waals surface area contributed by atoms with E-state index in [1.54, 1.807) is 0 Å². The van der Waals surface area contributed by atoms with Crippen LogP contribution in [0.15, 0.2) is 39.8 Å². The molecule has 7 heteroatoms. The zero-order chi connectivity index (χ0) is 14.4. The first-order chi connectivity index (χ1) is 9.65. The molecule has 0 amide bonds. The number of halogens is 1. The molecular weight excluding hydrogens is 381 g/mol. The molecule has 0 bridgehead atoms. The van der Waals surface area contributed by atoms with Crippen molar-refractivity contribution < 1.29 is 4.52 Å². The van der Waals surface area contributed by atoms with E-state index in [0.29, 0.717) is 24.8 Å². The van der Waals surface area contributed by atoms with Crippen LogP contribution >= 0.6 is 24.0 Å². The SMILES string of the molecule is CC(C)c1noc(CCN=C(N)Nc2ccccc2)n1.I. The maximum atomic E-state index is 5.80. The minimum Gasteiger partial charge on any atom is -0.370 e. The predicted molar refractivity (Wildman–Crippen MR) is 94.1 cm³/mol. The number of anilines is 1. The molecule has 0 unspecified atom stereocenters. The Morgan fingerprint density at radius 1 is 1.33 bits per heavy atom. The molecule has 0 aliphatic carbocycles. The van der Waals surface area contributed by atoms with Crippen LogP contribution < -0.4 is 11.1 Å². The lowest BCUT2D eigenvalue weighted by molar-refractivity contribution is 0.372. The quantitative estimate of drug-likeness (QED) is 0.457. The van der Waals surface area contributed by atoms with E-state index in [9.17, 15) is 0 Å². The Labute approximate surface area is 141 Å². The van der Waals surface area contributed by atoms with E-state index in [2.05, 4.69) is 20.4 Å². The number of benzene rings is 1. The van der Waals surface area contributed by atoms with Crippen molar-refractivity contribution in [2.45, 2.75) is 26.2 Å². The van der Waals surface area contributed by atoms with E-state index in [0.717, 1.165) is 11.5 Å². The Bertz CT molecular complexity index is 568. The molecule has 0 aliphatic rings. The molecule has 0 spiro atoms. The van der Waals surface area contributed by atoms with Crippen molar-refractivity contribution in [3.8, 4) is 0 Å². The van der Waals surface area contributed by atoms with Crippen LogP contribution in [0.5, 0.6) is 0 Å². The summed E-state index contributed by atoms with van der Waals surface area (Å²) in [4.78, 5) is 8.51. The van der Waals surface area contributed by atoms with Gasteiger partial charge >= 0.3 is 0 Å². The number of guanidine groups is 1. The third-order valence-electron chi connectivity index (χ3n) is 2.65. The second-order valence-electron chi connectivity index (χ2n) is 4.71. The highest BCUT2D eigenvalue weighted by Crippen LogP contribution is 2.09. The minimum absolute atomic E-state index is 0. The summed E-state index contributed by atoms with van der Waals surface area (Å²) >= 11 is 0. The number of nitrogens with one attached hydrogen (secondary N) is 1. The number of aromatic nitrogens is 2. The molecule has 0 atom stereocenters. The fraction of sp³-hybridized carbons (Fsp3) is 0.357. The summed E-state index contributed by atoms with van der Waals surface area (Å²) in [6.45, 7) is 4.55. The molecule has 114 valence electrons. The molecule has 1 aromatic heterocycles. The summed E-state index contributed by atoms with van der Waals surface area (Å²) in [5.41, 5.74) is 6.71. The summed E-state index contributed by atoms with van der Waals surface area (Å²) < 4.78 is 5.13. The maximum absolute atomic E-state index is 5.80. The zero-order valence-electron chi connectivity index (χ0n) is 12.1. The molecule has 2 aromatic rings. The Hall–Kier alpha value is -1.64. The van der Waals surface area contributed by atoms with Gasteiger partial charge in [-0.1, -0.05) is 37.2 Å². The molecule has 0 radical (unpaired) electrons. The van der Waals surface area contributed by atoms with Crippen LogP contribution in [0.3, 0.4) is 0 Å². The number of hydrogen-bond acceptors (Lipinski definition) is 4. The monoisotopic (exact) mass is 401 g/mol. The third-order valence-corrected chi connectivity index (χ3v) is 2.65. The fourth-order valence-corrected chi connectivity index (χ4v) is 1.58. The normalized spacial score (nSPS) is 11.3. The van der Waals surface area contributed by atoms with Crippen LogP contribution in [0.25, 0.3) is 0 Å². The topological polar surface area (TPSA) is 89.3 Å². The van der Waals surface area contributed by atoms with E-state index in [4.69, 9.17) is 10.3 Å². The van der Waals surface area contributed by atoms with Crippen LogP contribution in [-0.4, -0.2) is 22.6 Å². The third kappa shape index (κ3) is 5.70. The molecule has 3 N–H and O–H groups in total. The van der Waals surface area contributed by atoms with Crippen LogP contribution in [0, 0.1) is 0 Å². The molecule has 6 nitrogen and oxygen atoms in total. The van der Waals surface area contributed by atoms with E-state index in [1.165, 1.54) is 0 Å². The minimum atomic E-state index is 0. The molecular formula is C14H20IN5O. The molecule has 0 saturated carbocycles. The van der Waals surface area contributed by atoms with Crippen LogP contribution in [0.2, 0.25) is 0 Å². The lowest BCUT2D eigenvalue weighted by Gasteiger charge is -2.04. The van der Waals surface area contributed by atoms with Gasteiger partial charge in [0, 0.05) is 18.0 Å². The maximum Gasteiger partial charge on any atom is 0.228 e. The van der Waals surface area contributed by atoms with Crippen molar-refractivity contribution >= 4 is 35.6 Å². The lowest BCUT2D eigenvalue weighted by atomic mass is 10.2. The van der Waals surface area contributed by atoms with Gasteiger partial charge in [0.05, 0.1) is 6.54 Å². The van der Waals surface area contributed by atoms with Crippen LogP contribution in [0.4, 0.5) is 5.69 Å². The summed E-state index contributed by atoms with van der Waals surface area (Å²) in [5.74, 6) is 1.95. The summed E-state index contributed by atoms with van der Waals surface area (Å²) in [6.07, 6.45) is 0.580. The zero-order valence-corrected chi connectivity index (χ0v) is 14.4. The molecule has 0 saturated heterocycles. The van der Waals surface area contributed by atoms with Crippen LogP contribution in [-0.2, 0) is 6.42 Å². The highest BCUT2D eigenvalue weighted by atomic mass is 127. The van der Waals surface area contributed by atoms with Gasteiger partial charge in [-0.2, -0.15) is 4.98 Å². The van der Waals surface area contributed by atoms with E-state index in [-0.39, 0.29) is 29.9 Å². The Morgan fingerprint density at radius 2 is 2.05 bits per heavy atom. The second-order valence-corrected chi connectivity index (χ2v) is 4.71. The Kier molecular flexibility index (Phi) is 7.13. The molecule has 2 rings (SSSR count). The van der Waals surface area contributed by atoms with Gasteiger partial charge in [-0.3, -0.25) is 4.99 Å². The van der Waals surface area contributed by atoms with E-state index in [1.807, 2.05) is 44.2 Å². The lowest BCUT2D eigenvalue weighted by Crippen LogP contribution is -2.23. The summed E-state index contributed by atoms with van der Waals surface area (Å²) in [6, 6.07) is 9.66. The van der Waals surface area contributed by atoms with Crippen molar-refractivity contribution in [2.75, 3.05) is 11.9 Å². The number of para-hydroxylation sites is 1. The van der Waals surface area contributed by atoms with Crippen molar-refractivity contribution in [2.24, 2.45) is 10.7 Å². The molecule has 21 heavy (non-hydrogen) atoms.